The largest absolute Gasteiger partial charge is 0.385 e. The predicted molar refractivity (Wildman–Crippen MR) is 57.0 cm³/mol. The van der Waals surface area contributed by atoms with Crippen molar-refractivity contribution in [3.8, 4) is 0 Å². The fourth-order valence-electron chi connectivity index (χ4n) is 1.59. The third-order valence-electron chi connectivity index (χ3n) is 2.73. The molecule has 80 valence electrons. The van der Waals surface area contributed by atoms with Gasteiger partial charge in [-0.05, 0) is 38.0 Å². The van der Waals surface area contributed by atoms with Crippen LogP contribution in [0.4, 0.5) is 0 Å². The van der Waals surface area contributed by atoms with E-state index in [1.54, 1.807) is 0 Å². The van der Waals surface area contributed by atoms with E-state index in [0.717, 1.165) is 38.5 Å². The summed E-state index contributed by atoms with van der Waals surface area (Å²) in [6.07, 6.45) is 7.97. The summed E-state index contributed by atoms with van der Waals surface area (Å²) in [4.78, 5) is 11.4. The highest BCUT2D eigenvalue weighted by Gasteiger charge is 2.33. The fourth-order valence-corrected chi connectivity index (χ4v) is 1.59. The first-order valence-electron chi connectivity index (χ1n) is 5.57. The average molecular weight is 196 g/mol. The van der Waals surface area contributed by atoms with Crippen LogP contribution in [-0.2, 0) is 4.79 Å². The summed E-state index contributed by atoms with van der Waals surface area (Å²) in [5, 5.41) is 9.49. The molecule has 1 aliphatic carbocycles. The smallest absolute Gasteiger partial charge is 0.161 e. The molecule has 1 N–H and O–H groups in total. The molecule has 2 nitrogen and oxygen atoms in total. The third-order valence-corrected chi connectivity index (χ3v) is 2.73. The maximum Gasteiger partial charge on any atom is 0.161 e. The number of allylic oxidation sites excluding steroid dienone is 1. The number of carbonyl (C=O) groups excluding carboxylic acids is 1. The Morgan fingerprint density at radius 2 is 2.14 bits per heavy atom. The van der Waals surface area contributed by atoms with Gasteiger partial charge in [0.15, 0.2) is 5.78 Å². The Hall–Kier alpha value is -0.630. The van der Waals surface area contributed by atoms with E-state index >= 15 is 0 Å². The van der Waals surface area contributed by atoms with E-state index in [2.05, 4.69) is 6.58 Å². The summed E-state index contributed by atoms with van der Waals surface area (Å²) in [7, 11) is 0. The lowest BCUT2D eigenvalue weighted by Crippen LogP contribution is -2.22. The summed E-state index contributed by atoms with van der Waals surface area (Å²) in [5.41, 5.74) is 0. The minimum Gasteiger partial charge on any atom is -0.385 e. The minimum atomic E-state index is -0.658. The van der Waals surface area contributed by atoms with Crippen LogP contribution < -0.4 is 0 Å². The molecule has 0 heterocycles. The average Bonchev–Trinajstić information content (AvgIpc) is 2.99. The van der Waals surface area contributed by atoms with Gasteiger partial charge in [0.25, 0.3) is 0 Å². The summed E-state index contributed by atoms with van der Waals surface area (Å²) in [6.45, 7) is 3.65. The van der Waals surface area contributed by atoms with Crippen LogP contribution in [-0.4, -0.2) is 17.0 Å². The number of rotatable bonds is 8. The van der Waals surface area contributed by atoms with Crippen molar-refractivity contribution in [1.82, 2.24) is 0 Å². The molecular formula is C12H20O2. The van der Waals surface area contributed by atoms with Gasteiger partial charge in [0, 0.05) is 6.42 Å². The maximum absolute atomic E-state index is 11.4. The first-order chi connectivity index (χ1) is 6.75. The van der Waals surface area contributed by atoms with Crippen molar-refractivity contribution in [2.75, 3.05) is 0 Å². The van der Waals surface area contributed by atoms with Gasteiger partial charge in [-0.3, -0.25) is 4.79 Å². The second kappa shape index (κ2) is 5.97. The number of unbranched alkanes of at least 4 members (excludes halogenated alkanes) is 3. The van der Waals surface area contributed by atoms with Crippen molar-refractivity contribution in [1.29, 1.82) is 0 Å². The van der Waals surface area contributed by atoms with Crippen LogP contribution in [0.25, 0.3) is 0 Å². The Morgan fingerprint density at radius 1 is 1.43 bits per heavy atom. The highest BCUT2D eigenvalue weighted by atomic mass is 16.3. The van der Waals surface area contributed by atoms with Crippen molar-refractivity contribution in [2.24, 2.45) is 5.92 Å². The van der Waals surface area contributed by atoms with E-state index in [1.165, 1.54) is 0 Å². The fraction of sp³-hybridized carbons (Fsp3) is 0.750. The molecule has 0 radical (unpaired) electrons. The summed E-state index contributed by atoms with van der Waals surface area (Å²) >= 11 is 0. The molecule has 1 saturated carbocycles. The minimum absolute atomic E-state index is 0.0473. The van der Waals surface area contributed by atoms with Crippen LogP contribution in [0.1, 0.15) is 44.9 Å². The molecule has 1 aliphatic rings. The van der Waals surface area contributed by atoms with Gasteiger partial charge in [-0.25, -0.2) is 0 Å². The van der Waals surface area contributed by atoms with Gasteiger partial charge >= 0.3 is 0 Å². The highest BCUT2D eigenvalue weighted by molar-refractivity contribution is 5.83. The van der Waals surface area contributed by atoms with Gasteiger partial charge in [0.05, 0.1) is 0 Å². The number of ketones is 1. The first-order valence-corrected chi connectivity index (χ1v) is 5.57. The summed E-state index contributed by atoms with van der Waals surface area (Å²) in [6, 6.07) is 0. The van der Waals surface area contributed by atoms with E-state index in [0.29, 0.717) is 6.42 Å². The number of aliphatic hydroxyl groups is 1. The Morgan fingerprint density at radius 3 is 2.71 bits per heavy atom. The van der Waals surface area contributed by atoms with Crippen LogP contribution in [0.3, 0.4) is 0 Å². The Kier molecular flexibility index (Phi) is 4.88. The maximum atomic E-state index is 11.4. The quantitative estimate of drug-likeness (QED) is 0.478. The molecule has 0 amide bonds. The van der Waals surface area contributed by atoms with E-state index < -0.39 is 6.10 Å². The van der Waals surface area contributed by atoms with Crippen LogP contribution in [0.5, 0.6) is 0 Å². The number of aliphatic hydroxyl groups excluding tert-OH is 1. The van der Waals surface area contributed by atoms with Crippen LogP contribution in [0.15, 0.2) is 12.7 Å². The Bertz CT molecular complexity index is 194. The SMILES string of the molecule is C=CCCCCCC(=O)C(O)C1CC1. The lowest BCUT2D eigenvalue weighted by atomic mass is 10.0. The lowest BCUT2D eigenvalue weighted by molar-refractivity contribution is -0.128. The zero-order chi connectivity index (χ0) is 10.4. The van der Waals surface area contributed by atoms with Gasteiger partial charge in [0.2, 0.25) is 0 Å². The molecular weight excluding hydrogens is 176 g/mol. The molecule has 0 spiro atoms. The number of carbonyl (C=O) groups is 1. The summed E-state index contributed by atoms with van der Waals surface area (Å²) in [5.74, 6) is 0.335. The van der Waals surface area contributed by atoms with Gasteiger partial charge in [0.1, 0.15) is 6.10 Å². The normalized spacial score (nSPS) is 17.8. The van der Waals surface area contributed by atoms with Crippen molar-refractivity contribution < 1.29 is 9.90 Å². The topological polar surface area (TPSA) is 37.3 Å². The van der Waals surface area contributed by atoms with Gasteiger partial charge in [-0.1, -0.05) is 12.5 Å². The molecule has 14 heavy (non-hydrogen) atoms. The zero-order valence-electron chi connectivity index (χ0n) is 8.74. The molecule has 1 rings (SSSR count). The van der Waals surface area contributed by atoms with Gasteiger partial charge in [-0.2, -0.15) is 0 Å². The van der Waals surface area contributed by atoms with Crippen molar-refractivity contribution in [3.63, 3.8) is 0 Å². The molecule has 1 fully saturated rings. The summed E-state index contributed by atoms with van der Waals surface area (Å²) < 4.78 is 0. The first kappa shape index (κ1) is 11.4. The number of Topliss-reactive ketones (excluding diaryl/α,β-unsaturated/α-hetero) is 1. The van der Waals surface area contributed by atoms with Crippen LogP contribution in [0.2, 0.25) is 0 Å². The van der Waals surface area contributed by atoms with Crippen LogP contribution in [0, 0.1) is 5.92 Å². The molecule has 0 aromatic heterocycles. The predicted octanol–water partition coefficient (Wildman–Crippen LogP) is 2.46. The monoisotopic (exact) mass is 196 g/mol. The lowest BCUT2D eigenvalue weighted by Gasteiger charge is -2.06. The van der Waals surface area contributed by atoms with Crippen molar-refractivity contribution in [2.45, 2.75) is 51.0 Å². The van der Waals surface area contributed by atoms with Gasteiger partial charge in [-0.15, -0.1) is 6.58 Å². The van der Waals surface area contributed by atoms with E-state index in [-0.39, 0.29) is 11.7 Å². The molecule has 0 bridgehead atoms. The Labute approximate surface area is 86.0 Å². The standard InChI is InChI=1S/C12H20O2/c1-2-3-4-5-6-7-11(13)12(14)10-8-9-10/h2,10,12,14H,1,3-9H2. The Balaban J connectivity index is 1.99. The second-order valence-electron chi connectivity index (χ2n) is 4.14. The van der Waals surface area contributed by atoms with E-state index in [1.807, 2.05) is 6.08 Å². The highest BCUT2D eigenvalue weighted by Crippen LogP contribution is 2.33. The van der Waals surface area contributed by atoms with E-state index in [9.17, 15) is 9.90 Å². The molecule has 0 aliphatic heterocycles. The number of hydrogen-bond acceptors (Lipinski definition) is 2. The van der Waals surface area contributed by atoms with E-state index in [4.69, 9.17) is 0 Å². The molecule has 1 unspecified atom stereocenters. The van der Waals surface area contributed by atoms with Crippen molar-refractivity contribution >= 4 is 5.78 Å². The van der Waals surface area contributed by atoms with Gasteiger partial charge < -0.3 is 5.11 Å². The molecule has 0 saturated heterocycles. The molecule has 0 aromatic rings. The van der Waals surface area contributed by atoms with Crippen LogP contribution >= 0.6 is 0 Å². The third kappa shape index (κ3) is 4.05. The molecule has 1 atom stereocenters. The molecule has 2 heteroatoms. The zero-order valence-corrected chi connectivity index (χ0v) is 8.74. The molecule has 0 aromatic carbocycles. The number of hydrogen-bond donors (Lipinski definition) is 1. The van der Waals surface area contributed by atoms with Crippen molar-refractivity contribution in [3.05, 3.63) is 12.7 Å². The second-order valence-corrected chi connectivity index (χ2v) is 4.14.